The average Bonchev–Trinajstić information content (AvgIpc) is 1.82. The lowest BCUT2D eigenvalue weighted by atomic mass is 10.2. The molecule has 9 heavy (non-hydrogen) atoms. The quantitative estimate of drug-likeness (QED) is 0.511. The van der Waals surface area contributed by atoms with Gasteiger partial charge in [-0.1, -0.05) is 0 Å². The fraction of sp³-hybridized carbons (Fsp3) is 0.500. The standard InChI is InChI=1S/C6H12N2O/c1-5(7)6(4-9)3-8-2/h3,9H,4,7H2,1-2H3. The zero-order chi connectivity index (χ0) is 7.28. The molecule has 0 saturated heterocycles. The van der Waals surface area contributed by atoms with E-state index in [4.69, 9.17) is 10.8 Å². The lowest BCUT2D eigenvalue weighted by Gasteiger charge is -1.96. The van der Waals surface area contributed by atoms with Gasteiger partial charge in [0.25, 0.3) is 0 Å². The van der Waals surface area contributed by atoms with Gasteiger partial charge in [0.05, 0.1) is 6.61 Å². The molecular formula is C6H12N2O. The molecule has 0 saturated carbocycles. The van der Waals surface area contributed by atoms with Gasteiger partial charge in [-0.05, 0) is 6.92 Å². The van der Waals surface area contributed by atoms with Gasteiger partial charge in [-0.3, -0.25) is 4.99 Å². The third-order valence-electron chi connectivity index (χ3n) is 0.962. The van der Waals surface area contributed by atoms with E-state index >= 15 is 0 Å². The lowest BCUT2D eigenvalue weighted by molar-refractivity contribution is 0.336. The maximum absolute atomic E-state index is 8.60. The van der Waals surface area contributed by atoms with Crippen LogP contribution in [-0.2, 0) is 0 Å². The Hall–Kier alpha value is -0.830. The first kappa shape index (κ1) is 8.17. The minimum atomic E-state index is -0.0420. The monoisotopic (exact) mass is 128 g/mol. The van der Waals surface area contributed by atoms with Crippen LogP contribution in [0.2, 0.25) is 0 Å². The van der Waals surface area contributed by atoms with Crippen molar-refractivity contribution in [2.24, 2.45) is 10.7 Å². The molecule has 0 heterocycles. The normalized spacial score (nSPS) is 14.1. The zero-order valence-corrected chi connectivity index (χ0v) is 5.76. The molecule has 0 atom stereocenters. The SMILES string of the molecule is CN=CC(CO)=C(C)N. The molecule has 3 nitrogen and oxygen atoms in total. The van der Waals surface area contributed by atoms with Crippen LogP contribution in [0, 0.1) is 0 Å². The maximum atomic E-state index is 8.60. The summed E-state index contributed by atoms with van der Waals surface area (Å²) in [6.07, 6.45) is 1.55. The lowest BCUT2D eigenvalue weighted by Crippen LogP contribution is -2.02. The maximum Gasteiger partial charge on any atom is 0.0713 e. The number of allylic oxidation sites excluding steroid dienone is 1. The molecule has 0 aliphatic heterocycles. The van der Waals surface area contributed by atoms with E-state index in [-0.39, 0.29) is 6.61 Å². The van der Waals surface area contributed by atoms with Gasteiger partial charge in [-0.2, -0.15) is 0 Å². The predicted octanol–water partition coefficient (Wildman–Crippen LogP) is -0.0880. The fourth-order valence-electron chi connectivity index (χ4n) is 0.423. The van der Waals surface area contributed by atoms with E-state index in [0.717, 1.165) is 0 Å². The second-order valence-electron chi connectivity index (χ2n) is 1.75. The van der Waals surface area contributed by atoms with Crippen LogP contribution in [-0.4, -0.2) is 25.0 Å². The highest BCUT2D eigenvalue weighted by Crippen LogP contribution is 1.91. The zero-order valence-electron chi connectivity index (χ0n) is 5.76. The van der Waals surface area contributed by atoms with Gasteiger partial charge in [-0.15, -0.1) is 0 Å². The fourth-order valence-corrected chi connectivity index (χ4v) is 0.423. The summed E-state index contributed by atoms with van der Waals surface area (Å²) in [5.74, 6) is 0. The molecule has 52 valence electrons. The smallest absolute Gasteiger partial charge is 0.0713 e. The molecule has 0 aliphatic carbocycles. The topological polar surface area (TPSA) is 58.6 Å². The van der Waals surface area contributed by atoms with Gasteiger partial charge in [0.15, 0.2) is 0 Å². The molecule has 0 spiro atoms. The van der Waals surface area contributed by atoms with Crippen molar-refractivity contribution >= 4 is 6.21 Å². The van der Waals surface area contributed by atoms with Crippen LogP contribution in [0.4, 0.5) is 0 Å². The highest BCUT2D eigenvalue weighted by molar-refractivity contribution is 5.79. The summed E-state index contributed by atoms with van der Waals surface area (Å²) in [6.45, 7) is 1.69. The van der Waals surface area contributed by atoms with E-state index in [2.05, 4.69) is 4.99 Å². The summed E-state index contributed by atoms with van der Waals surface area (Å²) in [5.41, 5.74) is 6.65. The molecule has 0 rings (SSSR count). The number of hydrogen-bond acceptors (Lipinski definition) is 3. The summed E-state index contributed by atoms with van der Waals surface area (Å²) in [6, 6.07) is 0. The molecular weight excluding hydrogens is 116 g/mol. The summed E-state index contributed by atoms with van der Waals surface area (Å²) in [4.78, 5) is 3.71. The van der Waals surface area contributed by atoms with Crippen LogP contribution in [0.15, 0.2) is 16.3 Å². The highest BCUT2D eigenvalue weighted by Gasteiger charge is 1.91. The van der Waals surface area contributed by atoms with Crippen LogP contribution in [0.1, 0.15) is 6.92 Å². The van der Waals surface area contributed by atoms with Crippen molar-refractivity contribution in [3.63, 3.8) is 0 Å². The van der Waals surface area contributed by atoms with Gasteiger partial charge in [0.2, 0.25) is 0 Å². The van der Waals surface area contributed by atoms with Crippen molar-refractivity contribution in [1.82, 2.24) is 0 Å². The Bertz CT molecular complexity index is 134. The van der Waals surface area contributed by atoms with E-state index in [1.54, 1.807) is 20.2 Å². The van der Waals surface area contributed by atoms with Gasteiger partial charge in [0.1, 0.15) is 0 Å². The molecule has 0 aromatic heterocycles. The summed E-state index contributed by atoms with van der Waals surface area (Å²) >= 11 is 0. The van der Waals surface area contributed by atoms with Crippen molar-refractivity contribution in [1.29, 1.82) is 0 Å². The van der Waals surface area contributed by atoms with E-state index in [9.17, 15) is 0 Å². The summed E-state index contributed by atoms with van der Waals surface area (Å²) in [7, 11) is 1.64. The minimum Gasteiger partial charge on any atom is -0.402 e. The number of nitrogens with zero attached hydrogens (tertiary/aromatic N) is 1. The molecule has 0 fully saturated rings. The van der Waals surface area contributed by atoms with Crippen molar-refractivity contribution in [2.75, 3.05) is 13.7 Å². The predicted molar refractivity (Wildman–Crippen MR) is 38.4 cm³/mol. The number of aliphatic imine (C=N–C) groups is 1. The van der Waals surface area contributed by atoms with Gasteiger partial charge in [0, 0.05) is 24.5 Å². The largest absolute Gasteiger partial charge is 0.402 e. The van der Waals surface area contributed by atoms with Gasteiger partial charge in [-0.25, -0.2) is 0 Å². The minimum absolute atomic E-state index is 0.0420. The van der Waals surface area contributed by atoms with E-state index in [1.165, 1.54) is 0 Å². The second-order valence-corrected chi connectivity index (χ2v) is 1.75. The van der Waals surface area contributed by atoms with Crippen LogP contribution < -0.4 is 5.73 Å². The Kier molecular flexibility index (Phi) is 3.71. The van der Waals surface area contributed by atoms with E-state index < -0.39 is 0 Å². The molecule has 0 unspecified atom stereocenters. The first-order valence-corrected chi connectivity index (χ1v) is 2.70. The summed E-state index contributed by atoms with van der Waals surface area (Å²) < 4.78 is 0. The first-order chi connectivity index (χ1) is 4.22. The molecule has 0 bridgehead atoms. The Balaban J connectivity index is 4.16. The van der Waals surface area contributed by atoms with Crippen molar-refractivity contribution in [3.8, 4) is 0 Å². The van der Waals surface area contributed by atoms with Crippen molar-refractivity contribution < 1.29 is 5.11 Å². The van der Waals surface area contributed by atoms with Crippen molar-refractivity contribution in [2.45, 2.75) is 6.92 Å². The molecule has 3 heteroatoms. The molecule has 0 aromatic carbocycles. The number of aliphatic hydroxyl groups excluding tert-OH is 1. The third-order valence-corrected chi connectivity index (χ3v) is 0.962. The molecule has 0 aromatic rings. The van der Waals surface area contributed by atoms with E-state index in [1.807, 2.05) is 0 Å². The Morgan fingerprint density at radius 2 is 2.33 bits per heavy atom. The Labute approximate surface area is 54.9 Å². The van der Waals surface area contributed by atoms with Gasteiger partial charge < -0.3 is 10.8 Å². The molecule has 0 radical (unpaired) electrons. The highest BCUT2D eigenvalue weighted by atomic mass is 16.3. The number of nitrogens with two attached hydrogens (primary N) is 1. The number of hydrogen-bond donors (Lipinski definition) is 2. The van der Waals surface area contributed by atoms with Crippen LogP contribution in [0.25, 0.3) is 0 Å². The molecule has 0 amide bonds. The van der Waals surface area contributed by atoms with Crippen LogP contribution >= 0.6 is 0 Å². The third kappa shape index (κ3) is 2.87. The van der Waals surface area contributed by atoms with E-state index in [0.29, 0.717) is 11.3 Å². The Morgan fingerprint density at radius 3 is 2.44 bits per heavy atom. The number of rotatable bonds is 2. The molecule has 3 N–H and O–H groups in total. The number of aliphatic hydroxyl groups is 1. The van der Waals surface area contributed by atoms with Crippen LogP contribution in [0.5, 0.6) is 0 Å². The Morgan fingerprint density at radius 1 is 1.78 bits per heavy atom. The van der Waals surface area contributed by atoms with Gasteiger partial charge >= 0.3 is 0 Å². The first-order valence-electron chi connectivity index (χ1n) is 2.70. The summed E-state index contributed by atoms with van der Waals surface area (Å²) in [5, 5.41) is 8.60. The van der Waals surface area contributed by atoms with Crippen molar-refractivity contribution in [3.05, 3.63) is 11.3 Å². The average molecular weight is 128 g/mol. The van der Waals surface area contributed by atoms with Crippen LogP contribution in [0.3, 0.4) is 0 Å². The molecule has 0 aliphatic rings. The second kappa shape index (κ2) is 4.09.